The first-order chi connectivity index (χ1) is 7.16. The molecule has 0 radical (unpaired) electrons. The van der Waals surface area contributed by atoms with Gasteiger partial charge in [-0.1, -0.05) is 11.6 Å². The topological polar surface area (TPSA) is 28.7 Å². The van der Waals surface area contributed by atoms with Crippen molar-refractivity contribution >= 4 is 23.8 Å². The summed E-state index contributed by atoms with van der Waals surface area (Å²) in [6.07, 6.45) is 1.59. The van der Waals surface area contributed by atoms with Crippen LogP contribution in [0.4, 0.5) is 4.39 Å². The minimum absolute atomic E-state index is 0.0867. The van der Waals surface area contributed by atoms with Crippen LogP contribution in [0, 0.1) is 10.6 Å². The minimum atomic E-state index is -0.437. The quantitative estimate of drug-likeness (QED) is 0.772. The molecule has 2 aromatic rings. The number of nitrogens with one attached hydrogen (secondary N) is 1. The Morgan fingerprint density at radius 3 is 2.80 bits per heavy atom. The van der Waals surface area contributed by atoms with E-state index in [1.807, 2.05) is 0 Å². The van der Waals surface area contributed by atoms with E-state index in [2.05, 4.69) is 9.97 Å². The molecule has 1 aromatic carbocycles. The number of benzene rings is 1. The molecule has 0 atom stereocenters. The molecule has 0 aliphatic rings. The molecule has 0 saturated heterocycles. The zero-order valence-electron chi connectivity index (χ0n) is 7.50. The third-order valence-corrected chi connectivity index (χ3v) is 2.40. The van der Waals surface area contributed by atoms with E-state index >= 15 is 0 Å². The van der Waals surface area contributed by atoms with Crippen LogP contribution in [0.2, 0.25) is 5.02 Å². The van der Waals surface area contributed by atoms with Crippen molar-refractivity contribution in [3.05, 3.63) is 46.1 Å². The standard InChI is InChI=1S/C10H6ClFN2S/c11-7-5-6(1-2-8(7)12)9-3-4-13-10(15)14-9/h1-5H,(H,13,14,15). The molecule has 1 N–H and O–H groups in total. The lowest BCUT2D eigenvalue weighted by Crippen LogP contribution is -1.87. The molecule has 5 heteroatoms. The maximum absolute atomic E-state index is 12.9. The van der Waals surface area contributed by atoms with Crippen molar-refractivity contribution in [3.8, 4) is 11.3 Å². The fourth-order valence-corrected chi connectivity index (χ4v) is 1.55. The van der Waals surface area contributed by atoms with Gasteiger partial charge in [0.05, 0.1) is 5.02 Å². The van der Waals surface area contributed by atoms with Gasteiger partial charge in [0.2, 0.25) is 0 Å². The smallest absolute Gasteiger partial charge is 0.197 e. The monoisotopic (exact) mass is 240 g/mol. The molecule has 0 fully saturated rings. The number of rotatable bonds is 1. The van der Waals surface area contributed by atoms with Crippen molar-refractivity contribution < 1.29 is 4.39 Å². The number of halogens is 2. The van der Waals surface area contributed by atoms with E-state index in [9.17, 15) is 4.39 Å². The zero-order valence-corrected chi connectivity index (χ0v) is 9.07. The highest BCUT2D eigenvalue weighted by molar-refractivity contribution is 7.71. The highest BCUT2D eigenvalue weighted by Crippen LogP contribution is 2.22. The maximum atomic E-state index is 12.9. The Hall–Kier alpha value is -1.26. The van der Waals surface area contributed by atoms with Crippen LogP contribution in [0.3, 0.4) is 0 Å². The van der Waals surface area contributed by atoms with Crippen molar-refractivity contribution in [1.82, 2.24) is 9.97 Å². The third-order valence-electron chi connectivity index (χ3n) is 1.91. The van der Waals surface area contributed by atoms with E-state index < -0.39 is 5.82 Å². The predicted molar refractivity (Wildman–Crippen MR) is 59.8 cm³/mol. The molecule has 0 spiro atoms. The van der Waals surface area contributed by atoms with Crippen LogP contribution < -0.4 is 0 Å². The maximum Gasteiger partial charge on any atom is 0.197 e. The molecule has 15 heavy (non-hydrogen) atoms. The second kappa shape index (κ2) is 4.08. The van der Waals surface area contributed by atoms with Gasteiger partial charge in [0.1, 0.15) is 5.82 Å². The number of aromatic nitrogens is 2. The first-order valence-corrected chi connectivity index (χ1v) is 4.96. The normalized spacial score (nSPS) is 10.3. The Kier molecular flexibility index (Phi) is 2.79. The third kappa shape index (κ3) is 2.22. The lowest BCUT2D eigenvalue weighted by molar-refractivity contribution is 0.628. The van der Waals surface area contributed by atoms with Gasteiger partial charge < -0.3 is 4.98 Å². The van der Waals surface area contributed by atoms with Crippen molar-refractivity contribution in [2.75, 3.05) is 0 Å². The largest absolute Gasteiger partial charge is 0.330 e. The highest BCUT2D eigenvalue weighted by Gasteiger charge is 2.02. The zero-order chi connectivity index (χ0) is 10.8. The molecule has 0 aliphatic heterocycles. The number of nitrogens with zero attached hydrogens (tertiary/aromatic N) is 1. The molecule has 2 rings (SSSR count). The van der Waals surface area contributed by atoms with Gasteiger partial charge in [-0.15, -0.1) is 0 Å². The van der Waals surface area contributed by atoms with Gasteiger partial charge in [0.25, 0.3) is 0 Å². The van der Waals surface area contributed by atoms with Crippen LogP contribution in [-0.4, -0.2) is 9.97 Å². The number of aromatic amines is 1. The van der Waals surface area contributed by atoms with Gasteiger partial charge in [-0.3, -0.25) is 0 Å². The average molecular weight is 241 g/mol. The molecule has 2 nitrogen and oxygen atoms in total. The van der Waals surface area contributed by atoms with Crippen LogP contribution >= 0.6 is 23.8 Å². The second-order valence-electron chi connectivity index (χ2n) is 2.92. The van der Waals surface area contributed by atoms with E-state index in [1.54, 1.807) is 18.3 Å². The molecule has 1 heterocycles. The summed E-state index contributed by atoms with van der Waals surface area (Å²) in [6.45, 7) is 0. The summed E-state index contributed by atoms with van der Waals surface area (Å²) in [5.74, 6) is -0.437. The molecule has 76 valence electrons. The Morgan fingerprint density at radius 1 is 1.33 bits per heavy atom. The van der Waals surface area contributed by atoms with Gasteiger partial charge >= 0.3 is 0 Å². The van der Waals surface area contributed by atoms with Crippen LogP contribution in [0.25, 0.3) is 11.3 Å². The van der Waals surface area contributed by atoms with Crippen molar-refractivity contribution in [1.29, 1.82) is 0 Å². The first-order valence-electron chi connectivity index (χ1n) is 4.17. The molecule has 0 saturated carbocycles. The van der Waals surface area contributed by atoms with E-state index in [4.69, 9.17) is 23.8 Å². The van der Waals surface area contributed by atoms with Crippen LogP contribution in [0.15, 0.2) is 30.5 Å². The van der Waals surface area contributed by atoms with Crippen LogP contribution in [0.1, 0.15) is 0 Å². The molecule has 0 bridgehead atoms. The SMILES string of the molecule is Fc1ccc(-c2ccnc(=S)[nH]2)cc1Cl. The highest BCUT2D eigenvalue weighted by atomic mass is 35.5. The van der Waals surface area contributed by atoms with E-state index in [1.165, 1.54) is 12.1 Å². The summed E-state index contributed by atoms with van der Waals surface area (Å²) in [5, 5.41) is 0.0867. The lowest BCUT2D eigenvalue weighted by atomic mass is 10.1. The lowest BCUT2D eigenvalue weighted by Gasteiger charge is -2.02. The van der Waals surface area contributed by atoms with E-state index in [0.29, 0.717) is 4.77 Å². The van der Waals surface area contributed by atoms with Gasteiger partial charge in [-0.25, -0.2) is 9.37 Å². The predicted octanol–water partition coefficient (Wildman–Crippen LogP) is 3.60. The summed E-state index contributed by atoms with van der Waals surface area (Å²) >= 11 is 10.6. The second-order valence-corrected chi connectivity index (χ2v) is 3.71. The van der Waals surface area contributed by atoms with Crippen molar-refractivity contribution in [3.63, 3.8) is 0 Å². The number of hydrogen-bond acceptors (Lipinski definition) is 2. The fourth-order valence-electron chi connectivity index (χ4n) is 1.20. The summed E-state index contributed by atoms with van der Waals surface area (Å²) in [6, 6.07) is 6.23. The van der Waals surface area contributed by atoms with Crippen LogP contribution in [0.5, 0.6) is 0 Å². The minimum Gasteiger partial charge on any atom is -0.330 e. The molecule has 0 amide bonds. The summed E-state index contributed by atoms with van der Waals surface area (Å²) in [7, 11) is 0. The Labute approximate surface area is 95.8 Å². The van der Waals surface area contributed by atoms with Crippen LogP contribution in [-0.2, 0) is 0 Å². The van der Waals surface area contributed by atoms with Gasteiger partial charge in [-0.05, 0) is 42.0 Å². The van der Waals surface area contributed by atoms with Gasteiger partial charge in [-0.2, -0.15) is 0 Å². The first kappa shape index (κ1) is 10.3. The van der Waals surface area contributed by atoms with E-state index in [0.717, 1.165) is 11.3 Å². The molecule has 0 unspecified atom stereocenters. The van der Waals surface area contributed by atoms with Crippen molar-refractivity contribution in [2.24, 2.45) is 0 Å². The summed E-state index contributed by atoms with van der Waals surface area (Å²) < 4.78 is 13.3. The molecule has 1 aromatic heterocycles. The van der Waals surface area contributed by atoms with Gasteiger partial charge in [0, 0.05) is 11.9 Å². The fraction of sp³-hybridized carbons (Fsp3) is 0. The Balaban J connectivity index is 2.55. The Bertz CT molecular complexity index is 553. The Morgan fingerprint density at radius 2 is 2.13 bits per heavy atom. The molecular weight excluding hydrogens is 235 g/mol. The summed E-state index contributed by atoms with van der Waals surface area (Å²) in [5.41, 5.74) is 1.53. The number of hydrogen-bond donors (Lipinski definition) is 1. The average Bonchev–Trinajstić information content (AvgIpc) is 2.22. The van der Waals surface area contributed by atoms with Crippen molar-refractivity contribution in [2.45, 2.75) is 0 Å². The number of H-pyrrole nitrogens is 1. The molecule has 0 aliphatic carbocycles. The van der Waals surface area contributed by atoms with Gasteiger partial charge in [0.15, 0.2) is 4.77 Å². The van der Waals surface area contributed by atoms with E-state index in [-0.39, 0.29) is 5.02 Å². The molecular formula is C10H6ClFN2S. The summed E-state index contributed by atoms with van der Waals surface area (Å²) in [4.78, 5) is 6.75.